The van der Waals surface area contributed by atoms with Crippen LogP contribution in [0.25, 0.3) is 6.08 Å². The second-order valence-corrected chi connectivity index (χ2v) is 5.92. The fourth-order valence-electron chi connectivity index (χ4n) is 1.73. The lowest BCUT2D eigenvalue weighted by Gasteiger charge is -2.13. The summed E-state index contributed by atoms with van der Waals surface area (Å²) in [7, 11) is 4.79. The van der Waals surface area contributed by atoms with E-state index >= 15 is 0 Å². The molecule has 1 fully saturated rings. The first-order valence-electron chi connectivity index (χ1n) is 5.64. The van der Waals surface area contributed by atoms with Crippen LogP contribution in [0.1, 0.15) is 5.56 Å². The smallest absolute Gasteiger partial charge is 0.143 e. The Morgan fingerprint density at radius 1 is 1.05 bits per heavy atom. The molecular formula is C13H13NO3S3. The summed E-state index contributed by atoms with van der Waals surface area (Å²) in [6.45, 7) is 0. The maximum Gasteiger partial charge on any atom is 0.143 e. The monoisotopic (exact) mass is 327 g/mol. The third kappa shape index (κ3) is 3.05. The van der Waals surface area contributed by atoms with Crippen LogP contribution in [-0.4, -0.2) is 30.6 Å². The molecule has 0 spiro atoms. The second-order valence-electron chi connectivity index (χ2n) is 3.80. The first-order chi connectivity index (χ1) is 9.58. The van der Waals surface area contributed by atoms with E-state index in [1.54, 1.807) is 33.5 Å². The molecule has 106 valence electrons. The fourth-order valence-corrected chi connectivity index (χ4v) is 3.19. The van der Waals surface area contributed by atoms with Crippen LogP contribution >= 0.6 is 36.2 Å². The van der Waals surface area contributed by atoms with E-state index in [0.29, 0.717) is 26.6 Å². The average Bonchev–Trinajstić information content (AvgIpc) is 2.76. The molecule has 0 aliphatic carbocycles. The number of thioether (sulfide) groups is 1. The lowest BCUT2D eigenvalue weighted by Crippen LogP contribution is -2.15. The van der Waals surface area contributed by atoms with Gasteiger partial charge < -0.3 is 19.5 Å². The van der Waals surface area contributed by atoms with Gasteiger partial charge in [0.05, 0.1) is 31.8 Å². The van der Waals surface area contributed by atoms with Crippen LogP contribution in [0.3, 0.4) is 0 Å². The van der Waals surface area contributed by atoms with Crippen LogP contribution in [0.2, 0.25) is 0 Å². The molecule has 0 aromatic heterocycles. The molecule has 7 heteroatoms. The SMILES string of the molecule is COc1cc(OC)c(/C=C2\SC(=S)NC2=S)c(OC)c1. The summed E-state index contributed by atoms with van der Waals surface area (Å²) in [4.78, 5) is 1.48. The predicted octanol–water partition coefficient (Wildman–Crippen LogP) is 3.00. The van der Waals surface area contributed by atoms with Gasteiger partial charge in [-0.15, -0.1) is 0 Å². The van der Waals surface area contributed by atoms with Gasteiger partial charge in [0, 0.05) is 12.1 Å². The molecule has 0 bridgehead atoms. The molecule has 20 heavy (non-hydrogen) atoms. The number of nitrogens with one attached hydrogen (secondary N) is 1. The Bertz CT molecular complexity index is 574. The molecule has 0 atom stereocenters. The summed E-state index contributed by atoms with van der Waals surface area (Å²) in [6.07, 6.45) is 1.90. The van der Waals surface area contributed by atoms with Gasteiger partial charge in [0.15, 0.2) is 0 Å². The van der Waals surface area contributed by atoms with E-state index in [2.05, 4.69) is 5.32 Å². The van der Waals surface area contributed by atoms with Gasteiger partial charge >= 0.3 is 0 Å². The van der Waals surface area contributed by atoms with Crippen LogP contribution in [0.5, 0.6) is 17.2 Å². The van der Waals surface area contributed by atoms with Crippen molar-refractivity contribution in [1.29, 1.82) is 0 Å². The molecule has 0 saturated carbocycles. The molecule has 0 unspecified atom stereocenters. The van der Waals surface area contributed by atoms with Crippen LogP contribution in [0, 0.1) is 0 Å². The number of ether oxygens (including phenoxy) is 3. The molecule has 1 N–H and O–H groups in total. The standard InChI is InChI=1S/C13H13NO3S3/c1-15-7-4-9(16-2)8(10(5-7)17-3)6-11-12(18)14-13(19)20-11/h4-6H,1-3H3,(H,14,18,19)/b11-6-. The van der Waals surface area contributed by atoms with Crippen molar-refractivity contribution in [3.05, 3.63) is 22.6 Å². The van der Waals surface area contributed by atoms with Crippen LogP contribution in [-0.2, 0) is 0 Å². The highest BCUT2D eigenvalue weighted by Crippen LogP contribution is 2.38. The number of rotatable bonds is 4. The van der Waals surface area contributed by atoms with E-state index in [4.69, 9.17) is 38.6 Å². The van der Waals surface area contributed by atoms with Gasteiger partial charge in [-0.1, -0.05) is 36.2 Å². The molecule has 1 saturated heterocycles. The Balaban J connectivity index is 2.52. The zero-order valence-electron chi connectivity index (χ0n) is 11.2. The summed E-state index contributed by atoms with van der Waals surface area (Å²) in [5.74, 6) is 1.96. The molecule has 1 aliphatic heterocycles. The molecule has 2 rings (SSSR count). The summed E-state index contributed by atoms with van der Waals surface area (Å²) >= 11 is 11.7. The van der Waals surface area contributed by atoms with Gasteiger partial charge in [0.2, 0.25) is 0 Å². The molecule has 1 heterocycles. The van der Waals surface area contributed by atoms with E-state index in [0.717, 1.165) is 10.5 Å². The van der Waals surface area contributed by atoms with Crippen molar-refractivity contribution in [3.63, 3.8) is 0 Å². The zero-order valence-corrected chi connectivity index (χ0v) is 13.6. The van der Waals surface area contributed by atoms with Crippen LogP contribution < -0.4 is 19.5 Å². The zero-order chi connectivity index (χ0) is 14.7. The fraction of sp³-hybridized carbons (Fsp3) is 0.231. The Morgan fingerprint density at radius 3 is 2.05 bits per heavy atom. The van der Waals surface area contributed by atoms with Gasteiger partial charge in [-0.25, -0.2) is 0 Å². The van der Waals surface area contributed by atoms with Crippen molar-refractivity contribution in [1.82, 2.24) is 5.32 Å². The van der Waals surface area contributed by atoms with E-state index in [1.165, 1.54) is 11.8 Å². The molecular weight excluding hydrogens is 314 g/mol. The summed E-state index contributed by atoms with van der Waals surface area (Å²) in [5, 5.41) is 2.94. The van der Waals surface area contributed by atoms with Crippen molar-refractivity contribution in [3.8, 4) is 17.2 Å². The highest BCUT2D eigenvalue weighted by Gasteiger charge is 2.20. The number of hydrogen-bond acceptors (Lipinski definition) is 6. The predicted molar refractivity (Wildman–Crippen MR) is 90.0 cm³/mol. The van der Waals surface area contributed by atoms with Crippen LogP contribution in [0.4, 0.5) is 0 Å². The first-order valence-corrected chi connectivity index (χ1v) is 7.27. The Morgan fingerprint density at radius 2 is 1.65 bits per heavy atom. The third-order valence-corrected chi connectivity index (χ3v) is 4.30. The van der Waals surface area contributed by atoms with Crippen molar-refractivity contribution >= 4 is 51.6 Å². The van der Waals surface area contributed by atoms with Gasteiger partial charge in [-0.05, 0) is 6.08 Å². The molecule has 1 aromatic carbocycles. The summed E-state index contributed by atoms with van der Waals surface area (Å²) in [6, 6.07) is 3.59. The topological polar surface area (TPSA) is 39.7 Å². The van der Waals surface area contributed by atoms with Crippen molar-refractivity contribution in [2.24, 2.45) is 0 Å². The molecule has 4 nitrogen and oxygen atoms in total. The van der Waals surface area contributed by atoms with Crippen molar-refractivity contribution in [2.75, 3.05) is 21.3 Å². The minimum atomic E-state index is 0.611. The highest BCUT2D eigenvalue weighted by atomic mass is 32.2. The molecule has 0 amide bonds. The summed E-state index contributed by atoms with van der Waals surface area (Å²) < 4.78 is 16.6. The minimum absolute atomic E-state index is 0.611. The quantitative estimate of drug-likeness (QED) is 0.673. The van der Waals surface area contributed by atoms with Crippen molar-refractivity contribution in [2.45, 2.75) is 0 Å². The van der Waals surface area contributed by atoms with Crippen LogP contribution in [0.15, 0.2) is 17.0 Å². The maximum atomic E-state index is 5.39. The number of methoxy groups -OCH3 is 3. The van der Waals surface area contributed by atoms with Gasteiger partial charge in [0.1, 0.15) is 26.6 Å². The normalized spacial score (nSPS) is 16.2. The second kappa shape index (κ2) is 6.43. The van der Waals surface area contributed by atoms with Crippen molar-refractivity contribution < 1.29 is 14.2 Å². The number of benzene rings is 1. The van der Waals surface area contributed by atoms with Gasteiger partial charge in [0.25, 0.3) is 0 Å². The minimum Gasteiger partial charge on any atom is -0.496 e. The summed E-state index contributed by atoms with van der Waals surface area (Å²) in [5.41, 5.74) is 0.798. The lowest BCUT2D eigenvalue weighted by atomic mass is 10.1. The average molecular weight is 327 g/mol. The van der Waals surface area contributed by atoms with E-state index < -0.39 is 0 Å². The van der Waals surface area contributed by atoms with E-state index in [9.17, 15) is 0 Å². The molecule has 1 aromatic rings. The Labute approximate surface area is 132 Å². The highest BCUT2D eigenvalue weighted by molar-refractivity contribution is 8.27. The number of thiocarbonyl (C=S) groups is 2. The van der Waals surface area contributed by atoms with Gasteiger partial charge in [-0.3, -0.25) is 0 Å². The Kier molecular flexibility index (Phi) is 4.85. The first kappa shape index (κ1) is 15.1. The number of hydrogen-bond donors (Lipinski definition) is 1. The molecule has 0 radical (unpaired) electrons. The third-order valence-electron chi connectivity index (χ3n) is 2.67. The molecule has 1 aliphatic rings. The lowest BCUT2D eigenvalue weighted by molar-refractivity contribution is 0.374. The Hall–Kier alpha value is -1.31. The van der Waals surface area contributed by atoms with E-state index in [-0.39, 0.29) is 0 Å². The maximum absolute atomic E-state index is 5.39. The largest absolute Gasteiger partial charge is 0.496 e. The van der Waals surface area contributed by atoms with Gasteiger partial charge in [-0.2, -0.15) is 0 Å². The van der Waals surface area contributed by atoms with E-state index in [1.807, 2.05) is 6.08 Å².